The molecule has 2 N–H and O–H groups in total. The van der Waals surface area contributed by atoms with E-state index in [1.165, 1.54) is 48.5 Å². The average molecular weight is 377 g/mol. The van der Waals surface area contributed by atoms with Crippen molar-refractivity contribution >= 4 is 22.6 Å². The van der Waals surface area contributed by atoms with Crippen molar-refractivity contribution in [1.29, 1.82) is 0 Å². The van der Waals surface area contributed by atoms with E-state index in [9.17, 15) is 29.9 Å². The highest BCUT2D eigenvalue weighted by Crippen LogP contribution is 2.42. The number of phenolic OH excluding ortho intramolecular Hbond substituents is 1. The number of nitro groups is 1. The molecule has 8 nitrogen and oxygen atoms in total. The molecule has 1 aliphatic carbocycles. The zero-order chi connectivity index (χ0) is 20.0. The van der Waals surface area contributed by atoms with Crippen molar-refractivity contribution in [2.24, 2.45) is 0 Å². The van der Waals surface area contributed by atoms with Gasteiger partial charge in [-0.05, 0) is 30.3 Å². The predicted molar refractivity (Wildman–Crippen MR) is 99.8 cm³/mol. The van der Waals surface area contributed by atoms with Crippen LogP contribution in [-0.2, 0) is 0 Å². The summed E-state index contributed by atoms with van der Waals surface area (Å²) in [5.41, 5.74) is 0.352. The number of nitro benzene ring substituents is 1. The summed E-state index contributed by atoms with van der Waals surface area (Å²) in [4.78, 5) is 34.2. The first kappa shape index (κ1) is 17.2. The molecule has 138 valence electrons. The molecule has 2 aromatic rings. The first-order valence-corrected chi connectivity index (χ1v) is 8.07. The smallest absolute Gasteiger partial charge is 0.336 e. The highest BCUT2D eigenvalue weighted by atomic mass is 16.6. The second-order valence-electron chi connectivity index (χ2n) is 6.11. The number of carboxylic acid groups (broad SMARTS) is 1. The Balaban J connectivity index is 2.22. The van der Waals surface area contributed by atoms with E-state index in [1.54, 1.807) is 0 Å². The average Bonchev–Trinajstić information content (AvgIpc) is 2.65. The van der Waals surface area contributed by atoms with Gasteiger partial charge in [-0.2, -0.15) is 0 Å². The maximum atomic E-state index is 11.8. The summed E-state index contributed by atoms with van der Waals surface area (Å²) >= 11 is 0. The topological polar surface area (TPSA) is 131 Å². The second kappa shape index (κ2) is 6.20. The van der Waals surface area contributed by atoms with Crippen molar-refractivity contribution < 1.29 is 24.3 Å². The van der Waals surface area contributed by atoms with Crippen LogP contribution in [-0.4, -0.2) is 21.1 Å². The SMILES string of the molecule is O=C(O)c1ccc([N+](=O)[O-])cc1-c1c2ccc(=O)cc-2oc2cc(O)ccc12. The predicted octanol–water partition coefficient (Wildman–Crippen LogP) is 3.88. The minimum absolute atomic E-state index is 0.0858. The molecule has 0 spiro atoms. The Bertz CT molecular complexity index is 1310. The quantitative estimate of drug-likeness (QED) is 0.315. The number of carboxylic acids is 1. The lowest BCUT2D eigenvalue weighted by molar-refractivity contribution is -0.384. The van der Waals surface area contributed by atoms with Gasteiger partial charge >= 0.3 is 5.97 Å². The van der Waals surface area contributed by atoms with Gasteiger partial charge in [-0.3, -0.25) is 14.9 Å². The lowest BCUT2D eigenvalue weighted by Gasteiger charge is -2.16. The number of hydrogen-bond donors (Lipinski definition) is 2. The normalized spacial score (nSPS) is 11.0. The highest BCUT2D eigenvalue weighted by Gasteiger charge is 2.24. The van der Waals surface area contributed by atoms with Crippen molar-refractivity contribution in [2.75, 3.05) is 0 Å². The Morgan fingerprint density at radius 1 is 1.00 bits per heavy atom. The van der Waals surface area contributed by atoms with Crippen LogP contribution in [0.4, 0.5) is 5.69 Å². The van der Waals surface area contributed by atoms with Gasteiger partial charge in [0, 0.05) is 46.3 Å². The molecule has 4 rings (SSSR count). The van der Waals surface area contributed by atoms with Crippen LogP contribution in [0.25, 0.3) is 33.4 Å². The van der Waals surface area contributed by atoms with Crippen LogP contribution < -0.4 is 5.43 Å². The number of hydrogen-bond acceptors (Lipinski definition) is 6. The van der Waals surface area contributed by atoms with Crippen molar-refractivity contribution in [2.45, 2.75) is 0 Å². The Kier molecular flexibility index (Phi) is 3.82. The molecule has 28 heavy (non-hydrogen) atoms. The van der Waals surface area contributed by atoms with Crippen LogP contribution in [0.5, 0.6) is 5.75 Å². The number of aromatic carboxylic acids is 1. The van der Waals surface area contributed by atoms with E-state index < -0.39 is 10.9 Å². The van der Waals surface area contributed by atoms with E-state index in [-0.39, 0.29) is 39.3 Å². The first-order valence-electron chi connectivity index (χ1n) is 8.07. The number of benzene rings is 3. The Labute approximate surface area is 156 Å². The maximum Gasteiger partial charge on any atom is 0.336 e. The number of aromatic hydroxyl groups is 1. The van der Waals surface area contributed by atoms with Gasteiger partial charge in [0.1, 0.15) is 17.1 Å². The summed E-state index contributed by atoms with van der Waals surface area (Å²) in [6, 6.07) is 11.7. The largest absolute Gasteiger partial charge is 0.508 e. The lowest BCUT2D eigenvalue weighted by Crippen LogP contribution is -2.04. The standard InChI is InChI=1S/C20H11NO7/c22-11-2-5-14-17(8-11)28-18-9-12(23)3-6-15(18)19(14)16-7-10(21(26)27)1-4-13(16)20(24)25/h1-9,22H,(H,24,25). The third-order valence-electron chi connectivity index (χ3n) is 4.39. The number of nitrogens with zero attached hydrogens (tertiary/aromatic N) is 1. The van der Waals surface area contributed by atoms with Gasteiger partial charge in [-0.1, -0.05) is 0 Å². The Hall–Kier alpha value is -4.20. The second-order valence-corrected chi connectivity index (χ2v) is 6.11. The number of non-ortho nitro benzene ring substituents is 1. The molecule has 0 fully saturated rings. The molecule has 0 atom stereocenters. The van der Waals surface area contributed by atoms with Crippen LogP contribution >= 0.6 is 0 Å². The van der Waals surface area contributed by atoms with E-state index in [4.69, 9.17) is 4.42 Å². The number of phenols is 1. The molecule has 1 heterocycles. The summed E-state index contributed by atoms with van der Waals surface area (Å²) in [6.45, 7) is 0. The molecule has 0 aromatic heterocycles. The van der Waals surface area contributed by atoms with Gasteiger partial charge in [0.25, 0.3) is 5.69 Å². The molecule has 0 saturated carbocycles. The van der Waals surface area contributed by atoms with Gasteiger partial charge in [0.2, 0.25) is 0 Å². The Morgan fingerprint density at radius 2 is 1.79 bits per heavy atom. The summed E-state index contributed by atoms with van der Waals surface area (Å²) in [6.07, 6.45) is 0. The van der Waals surface area contributed by atoms with Crippen LogP contribution in [0, 0.1) is 10.1 Å². The first-order chi connectivity index (χ1) is 13.3. The molecular formula is C20H11NO7. The fourth-order valence-electron chi connectivity index (χ4n) is 3.19. The van der Waals surface area contributed by atoms with Gasteiger partial charge in [0.15, 0.2) is 5.43 Å². The fourth-order valence-corrected chi connectivity index (χ4v) is 3.19. The summed E-state index contributed by atoms with van der Waals surface area (Å²) in [7, 11) is 0. The summed E-state index contributed by atoms with van der Waals surface area (Å²) in [5.74, 6) is -1.17. The maximum absolute atomic E-state index is 11.8. The monoisotopic (exact) mass is 377 g/mol. The molecule has 8 heteroatoms. The lowest BCUT2D eigenvalue weighted by atomic mass is 9.90. The van der Waals surface area contributed by atoms with Crippen molar-refractivity contribution in [1.82, 2.24) is 0 Å². The Morgan fingerprint density at radius 3 is 2.50 bits per heavy atom. The van der Waals surface area contributed by atoms with Gasteiger partial charge in [-0.15, -0.1) is 0 Å². The molecule has 0 bridgehead atoms. The zero-order valence-corrected chi connectivity index (χ0v) is 14.1. The van der Waals surface area contributed by atoms with E-state index in [0.717, 1.165) is 6.07 Å². The van der Waals surface area contributed by atoms with Crippen molar-refractivity contribution in [3.8, 4) is 28.2 Å². The van der Waals surface area contributed by atoms with Gasteiger partial charge in [-0.25, -0.2) is 4.79 Å². The van der Waals surface area contributed by atoms with E-state index in [2.05, 4.69) is 0 Å². The van der Waals surface area contributed by atoms with E-state index >= 15 is 0 Å². The van der Waals surface area contributed by atoms with Crippen LogP contribution in [0.1, 0.15) is 10.4 Å². The molecule has 2 aromatic carbocycles. The van der Waals surface area contributed by atoms with Gasteiger partial charge < -0.3 is 14.6 Å². The molecule has 0 unspecified atom stereocenters. The number of rotatable bonds is 3. The van der Waals surface area contributed by atoms with Crippen LogP contribution in [0.15, 0.2) is 63.8 Å². The molecule has 1 aliphatic heterocycles. The molecular weight excluding hydrogens is 366 g/mol. The fraction of sp³-hybridized carbons (Fsp3) is 0. The van der Waals surface area contributed by atoms with E-state index in [0.29, 0.717) is 16.5 Å². The number of carbonyl (C=O) groups is 1. The van der Waals surface area contributed by atoms with E-state index in [1.807, 2.05) is 0 Å². The molecule has 0 amide bonds. The third-order valence-corrected chi connectivity index (χ3v) is 4.39. The minimum atomic E-state index is -1.26. The molecule has 2 aliphatic rings. The summed E-state index contributed by atoms with van der Waals surface area (Å²) in [5, 5.41) is 31.1. The zero-order valence-electron chi connectivity index (χ0n) is 14.1. The molecule has 0 saturated heterocycles. The number of fused-ring (bicyclic) bond motifs is 2. The van der Waals surface area contributed by atoms with Crippen molar-refractivity contribution in [3.63, 3.8) is 0 Å². The minimum Gasteiger partial charge on any atom is -0.508 e. The summed E-state index contributed by atoms with van der Waals surface area (Å²) < 4.78 is 5.71. The third kappa shape index (κ3) is 2.73. The van der Waals surface area contributed by atoms with Crippen molar-refractivity contribution in [3.05, 3.63) is 80.5 Å². The van der Waals surface area contributed by atoms with Crippen LogP contribution in [0.3, 0.4) is 0 Å². The highest BCUT2D eigenvalue weighted by molar-refractivity contribution is 6.07. The van der Waals surface area contributed by atoms with Crippen LogP contribution in [0.2, 0.25) is 0 Å². The molecule has 0 radical (unpaired) electrons. The van der Waals surface area contributed by atoms with Gasteiger partial charge in [0.05, 0.1) is 10.5 Å².